The van der Waals surface area contributed by atoms with E-state index in [9.17, 15) is 19.5 Å². The largest absolute Gasteiger partial charge is 0.432 e. The normalized spacial score (nSPS) is 25.6. The first-order chi connectivity index (χ1) is 21.6. The lowest BCUT2D eigenvalue weighted by atomic mass is 9.82. The third-order valence-electron chi connectivity index (χ3n) is 9.88. The molecule has 2 fully saturated rings. The highest BCUT2D eigenvalue weighted by Gasteiger charge is 2.66. The number of fused-ring (bicyclic) bond motifs is 2. The highest BCUT2D eigenvalue weighted by atomic mass is 28.4. The molecule has 45 heavy (non-hydrogen) atoms. The Bertz CT molecular complexity index is 1520. The monoisotopic (exact) mass is 631 g/mol. The number of ether oxygens (including phenoxy) is 1. The fourth-order valence-electron chi connectivity index (χ4n) is 7.80. The number of carbonyl (C=O) groups is 2. The SMILES string of the molecule is C[C@H]1[C@H]([Si](C)(C)O)[C@@H](CCn2cc(CCO)nn2)O[C@]12C(=O)N(Cc1ccccc1)c1ccc(N3CCCCCCC3=O)cc12. The molecule has 0 radical (unpaired) electrons. The van der Waals surface area contributed by atoms with Crippen LogP contribution in [-0.2, 0) is 39.4 Å². The fraction of sp³-hybridized carbons (Fsp3) is 0.529. The number of anilines is 2. The van der Waals surface area contributed by atoms with Gasteiger partial charge in [0.05, 0.1) is 24.0 Å². The Labute approximate surface area is 266 Å². The first-order valence-electron chi connectivity index (χ1n) is 16.3. The van der Waals surface area contributed by atoms with Gasteiger partial charge in [-0.25, -0.2) is 0 Å². The Balaban J connectivity index is 1.40. The number of aryl methyl sites for hydroxylation is 1. The van der Waals surface area contributed by atoms with E-state index in [4.69, 9.17) is 4.74 Å². The van der Waals surface area contributed by atoms with E-state index >= 15 is 0 Å². The number of hydrogen-bond donors (Lipinski definition) is 2. The standard InChI is InChI=1S/C34H45N5O5Si/c1-24-32(45(2,3)43)30(16-19-37-23-26(17-20-40)35-36-37)44-34(24)28-21-27(38-18-10-5-4-9-13-31(38)41)14-15-29(28)39(33(34)42)22-25-11-7-6-8-12-25/h6-8,11-12,14-15,21,23-24,30,32,40,43H,4-5,9-10,13,16-20,22H2,1-3H3/t24-,30+,32-,34+/m0/s1. The number of aromatic nitrogens is 3. The Morgan fingerprint density at radius 1 is 1.07 bits per heavy atom. The Morgan fingerprint density at radius 3 is 2.60 bits per heavy atom. The van der Waals surface area contributed by atoms with Crippen LogP contribution in [0.2, 0.25) is 18.6 Å². The zero-order chi connectivity index (χ0) is 31.8. The van der Waals surface area contributed by atoms with E-state index in [1.54, 1.807) is 4.68 Å². The quantitative estimate of drug-likeness (QED) is 0.333. The summed E-state index contributed by atoms with van der Waals surface area (Å²) in [6.07, 6.45) is 6.92. The molecule has 2 aromatic carbocycles. The van der Waals surface area contributed by atoms with Gasteiger partial charge in [0.2, 0.25) is 5.91 Å². The first-order valence-corrected chi connectivity index (χ1v) is 19.4. The molecule has 4 atom stereocenters. The van der Waals surface area contributed by atoms with Gasteiger partial charge in [-0.1, -0.05) is 55.3 Å². The van der Waals surface area contributed by atoms with Crippen molar-refractivity contribution in [1.29, 1.82) is 0 Å². The highest BCUT2D eigenvalue weighted by Crippen LogP contribution is 2.60. The van der Waals surface area contributed by atoms with Crippen LogP contribution in [0, 0.1) is 5.92 Å². The molecular weight excluding hydrogens is 586 g/mol. The summed E-state index contributed by atoms with van der Waals surface area (Å²) in [5.41, 5.74) is 2.57. The Morgan fingerprint density at radius 2 is 1.84 bits per heavy atom. The highest BCUT2D eigenvalue weighted by molar-refractivity contribution is 6.71. The van der Waals surface area contributed by atoms with Crippen molar-refractivity contribution in [3.63, 3.8) is 0 Å². The van der Waals surface area contributed by atoms with Crippen LogP contribution in [0.3, 0.4) is 0 Å². The van der Waals surface area contributed by atoms with Gasteiger partial charge in [-0.3, -0.25) is 14.3 Å². The van der Waals surface area contributed by atoms with Crippen LogP contribution in [0.4, 0.5) is 11.4 Å². The second kappa shape index (κ2) is 12.8. The van der Waals surface area contributed by atoms with Crippen LogP contribution in [0.25, 0.3) is 0 Å². The summed E-state index contributed by atoms with van der Waals surface area (Å²) < 4.78 is 8.78. The van der Waals surface area contributed by atoms with Gasteiger partial charge in [0.1, 0.15) is 0 Å². The number of aliphatic hydroxyl groups is 1. The van der Waals surface area contributed by atoms with Gasteiger partial charge in [0, 0.05) is 61.4 Å². The van der Waals surface area contributed by atoms with Gasteiger partial charge in [-0.2, -0.15) is 0 Å². The lowest BCUT2D eigenvalue weighted by Gasteiger charge is -2.33. The minimum Gasteiger partial charge on any atom is -0.432 e. The van der Waals surface area contributed by atoms with E-state index in [1.165, 1.54) is 0 Å². The van der Waals surface area contributed by atoms with E-state index in [2.05, 4.69) is 10.3 Å². The molecule has 0 aliphatic carbocycles. The second-order valence-electron chi connectivity index (χ2n) is 13.4. The number of nitrogens with zero attached hydrogens (tertiary/aromatic N) is 5. The minimum atomic E-state index is -2.84. The molecule has 0 bridgehead atoms. The van der Waals surface area contributed by atoms with Gasteiger partial charge >= 0.3 is 0 Å². The van der Waals surface area contributed by atoms with E-state index < -0.39 is 20.0 Å². The number of rotatable bonds is 9. The summed E-state index contributed by atoms with van der Waals surface area (Å²) >= 11 is 0. The van der Waals surface area contributed by atoms with E-state index in [0.29, 0.717) is 44.6 Å². The molecule has 0 saturated carbocycles. The molecule has 240 valence electrons. The van der Waals surface area contributed by atoms with Crippen molar-refractivity contribution < 1.29 is 24.2 Å². The average Bonchev–Trinajstić information content (AvgIpc) is 3.65. The molecular formula is C34H45N5O5Si. The van der Waals surface area contributed by atoms with Crippen LogP contribution in [0.5, 0.6) is 0 Å². The van der Waals surface area contributed by atoms with E-state index in [-0.39, 0.29) is 29.9 Å². The summed E-state index contributed by atoms with van der Waals surface area (Å²) in [5, 5.41) is 17.7. The molecule has 0 unspecified atom stereocenters. The van der Waals surface area contributed by atoms with Crippen molar-refractivity contribution in [2.75, 3.05) is 23.0 Å². The summed E-state index contributed by atoms with van der Waals surface area (Å²) in [6.45, 7) is 7.46. The lowest BCUT2D eigenvalue weighted by Crippen LogP contribution is -2.46. The van der Waals surface area contributed by atoms with E-state index in [1.807, 2.05) is 84.5 Å². The van der Waals surface area contributed by atoms with Crippen molar-refractivity contribution in [3.8, 4) is 0 Å². The molecule has 1 spiro atoms. The number of amides is 2. The molecule has 1 aromatic heterocycles. The predicted octanol–water partition coefficient (Wildman–Crippen LogP) is 4.54. The van der Waals surface area contributed by atoms with Gasteiger partial charge in [-0.05, 0) is 56.1 Å². The van der Waals surface area contributed by atoms with Crippen molar-refractivity contribution in [2.24, 2.45) is 5.92 Å². The predicted molar refractivity (Wildman–Crippen MR) is 174 cm³/mol. The zero-order valence-corrected chi connectivity index (χ0v) is 27.6. The summed E-state index contributed by atoms with van der Waals surface area (Å²) in [7, 11) is -2.84. The van der Waals surface area contributed by atoms with E-state index in [0.717, 1.165) is 48.2 Å². The zero-order valence-electron chi connectivity index (χ0n) is 26.6. The van der Waals surface area contributed by atoms with Crippen LogP contribution in [0.1, 0.15) is 62.3 Å². The van der Waals surface area contributed by atoms with Crippen LogP contribution >= 0.6 is 0 Å². The van der Waals surface area contributed by atoms with Crippen molar-refractivity contribution in [2.45, 2.75) is 95.3 Å². The summed E-state index contributed by atoms with van der Waals surface area (Å²) in [4.78, 5) is 43.5. The van der Waals surface area contributed by atoms with Crippen molar-refractivity contribution in [1.82, 2.24) is 15.0 Å². The molecule has 3 aliphatic heterocycles. The molecule has 2 N–H and O–H groups in total. The molecule has 3 aliphatic rings. The Hall–Kier alpha value is -3.38. The van der Waals surface area contributed by atoms with Crippen LogP contribution in [-0.4, -0.2) is 64.3 Å². The maximum atomic E-state index is 14.8. The number of hydrogen-bond acceptors (Lipinski definition) is 7. The average molecular weight is 632 g/mol. The number of carbonyl (C=O) groups excluding carboxylic acids is 2. The molecule has 3 aromatic rings. The third kappa shape index (κ3) is 5.98. The topological polar surface area (TPSA) is 121 Å². The van der Waals surface area contributed by atoms with Gasteiger partial charge in [-0.15, -0.1) is 5.10 Å². The lowest BCUT2D eigenvalue weighted by molar-refractivity contribution is -0.146. The fourth-order valence-corrected chi connectivity index (χ4v) is 10.4. The smallest absolute Gasteiger partial charge is 0.264 e. The maximum absolute atomic E-state index is 14.8. The van der Waals surface area contributed by atoms with Crippen LogP contribution < -0.4 is 9.80 Å². The molecule has 2 amide bonds. The molecule has 10 nitrogen and oxygen atoms in total. The second-order valence-corrected chi connectivity index (χ2v) is 17.4. The third-order valence-corrected chi connectivity index (χ3v) is 12.4. The number of aliphatic hydroxyl groups excluding tert-OH is 1. The van der Waals surface area contributed by atoms with Gasteiger partial charge in [0.25, 0.3) is 5.91 Å². The molecule has 11 heteroatoms. The van der Waals surface area contributed by atoms with Crippen molar-refractivity contribution >= 4 is 31.5 Å². The Kier molecular flexibility index (Phi) is 8.97. The maximum Gasteiger partial charge on any atom is 0.264 e. The molecule has 2 saturated heterocycles. The molecule has 4 heterocycles. The van der Waals surface area contributed by atoms with Gasteiger partial charge in [0.15, 0.2) is 13.9 Å². The minimum absolute atomic E-state index is 0.00283. The molecule has 6 rings (SSSR count). The first kappa shape index (κ1) is 31.6. The van der Waals surface area contributed by atoms with Crippen molar-refractivity contribution in [3.05, 3.63) is 71.5 Å². The van der Waals surface area contributed by atoms with Gasteiger partial charge < -0.3 is 24.4 Å². The number of benzene rings is 2. The summed E-state index contributed by atoms with van der Waals surface area (Å²) in [5.74, 6) is -0.315. The van der Waals surface area contributed by atoms with Crippen LogP contribution in [0.15, 0.2) is 54.7 Å². The summed E-state index contributed by atoms with van der Waals surface area (Å²) in [6, 6.07) is 15.9.